The number of nitrogens with zero attached hydrogens (tertiary/aromatic N) is 5. The largest absolute Gasteiger partial charge is 0.341 e. The van der Waals surface area contributed by atoms with Crippen LogP contribution in [-0.2, 0) is 11.3 Å². The number of hydrogen-bond acceptors (Lipinski definition) is 6. The van der Waals surface area contributed by atoms with Gasteiger partial charge >= 0.3 is 0 Å². The number of anilines is 1. The lowest BCUT2D eigenvalue weighted by Gasteiger charge is -2.26. The second-order valence-corrected chi connectivity index (χ2v) is 6.82. The molecule has 3 aromatic rings. The van der Waals surface area contributed by atoms with E-state index in [-0.39, 0.29) is 18.4 Å². The Kier molecular flexibility index (Phi) is 4.61. The standard InChI is InChI=1S/C17H18N6O2S/c24-16(22-6-2-1-3-7-22)11-23-10-13(9-18-23)19-17(25)12-4-5-14-15(8-12)21-26-20-14/h4-5,8-10H,1-3,6-7,11H2,(H,19,25). The van der Waals surface area contributed by atoms with Gasteiger partial charge in [-0.2, -0.15) is 13.8 Å². The number of carbonyl (C=O) groups is 2. The minimum absolute atomic E-state index is 0.0622. The quantitative estimate of drug-likeness (QED) is 0.760. The number of amides is 2. The van der Waals surface area contributed by atoms with Crippen molar-refractivity contribution in [3.8, 4) is 0 Å². The van der Waals surface area contributed by atoms with Crippen molar-refractivity contribution >= 4 is 40.3 Å². The van der Waals surface area contributed by atoms with E-state index in [1.54, 1.807) is 35.3 Å². The molecule has 0 saturated carbocycles. The highest BCUT2D eigenvalue weighted by atomic mass is 32.1. The maximum atomic E-state index is 12.4. The normalized spacial score (nSPS) is 14.5. The van der Waals surface area contributed by atoms with Crippen LogP contribution < -0.4 is 5.32 Å². The monoisotopic (exact) mass is 370 g/mol. The summed E-state index contributed by atoms with van der Waals surface area (Å²) in [5.41, 5.74) is 2.53. The molecule has 0 atom stereocenters. The lowest BCUT2D eigenvalue weighted by atomic mass is 10.1. The van der Waals surface area contributed by atoms with E-state index in [4.69, 9.17) is 0 Å². The van der Waals surface area contributed by atoms with Crippen LogP contribution in [0, 0.1) is 0 Å². The molecule has 4 rings (SSSR count). The van der Waals surface area contributed by atoms with E-state index in [1.165, 1.54) is 6.42 Å². The van der Waals surface area contributed by atoms with Gasteiger partial charge in [-0.15, -0.1) is 0 Å². The number of piperidine rings is 1. The van der Waals surface area contributed by atoms with Crippen molar-refractivity contribution < 1.29 is 9.59 Å². The number of benzene rings is 1. The van der Waals surface area contributed by atoms with Gasteiger partial charge in [0, 0.05) is 24.8 Å². The SMILES string of the molecule is O=C(Nc1cnn(CC(=O)N2CCCCC2)c1)c1ccc2nsnc2c1. The zero-order valence-electron chi connectivity index (χ0n) is 14.1. The second-order valence-electron chi connectivity index (χ2n) is 6.29. The van der Waals surface area contributed by atoms with Crippen molar-refractivity contribution in [1.82, 2.24) is 23.4 Å². The van der Waals surface area contributed by atoms with Crippen LogP contribution in [0.1, 0.15) is 29.6 Å². The Hall–Kier alpha value is -2.81. The molecule has 1 aliphatic heterocycles. The summed E-state index contributed by atoms with van der Waals surface area (Å²) < 4.78 is 9.82. The fourth-order valence-electron chi connectivity index (χ4n) is 3.02. The molecule has 134 valence electrons. The van der Waals surface area contributed by atoms with E-state index in [2.05, 4.69) is 19.2 Å². The van der Waals surface area contributed by atoms with E-state index >= 15 is 0 Å². The minimum Gasteiger partial charge on any atom is -0.341 e. The third-order valence-corrected chi connectivity index (χ3v) is 4.97. The average molecular weight is 370 g/mol. The summed E-state index contributed by atoms with van der Waals surface area (Å²) in [6, 6.07) is 5.19. The molecule has 0 unspecified atom stereocenters. The number of hydrogen-bond donors (Lipinski definition) is 1. The first kappa shape index (κ1) is 16.6. The smallest absolute Gasteiger partial charge is 0.255 e. The number of aromatic nitrogens is 4. The maximum Gasteiger partial charge on any atom is 0.255 e. The molecular weight excluding hydrogens is 352 g/mol. The van der Waals surface area contributed by atoms with Crippen molar-refractivity contribution in [1.29, 1.82) is 0 Å². The van der Waals surface area contributed by atoms with Crippen LogP contribution in [0.25, 0.3) is 11.0 Å². The molecule has 0 spiro atoms. The molecule has 1 aromatic carbocycles. The first-order valence-electron chi connectivity index (χ1n) is 8.53. The maximum absolute atomic E-state index is 12.4. The third-order valence-electron chi connectivity index (χ3n) is 4.41. The van der Waals surface area contributed by atoms with Crippen LogP contribution in [0.4, 0.5) is 5.69 Å². The summed E-state index contributed by atoms with van der Waals surface area (Å²) in [7, 11) is 0. The summed E-state index contributed by atoms with van der Waals surface area (Å²) in [5, 5.41) is 6.97. The molecule has 26 heavy (non-hydrogen) atoms. The molecule has 1 aliphatic rings. The van der Waals surface area contributed by atoms with Gasteiger partial charge in [0.15, 0.2) is 0 Å². The van der Waals surface area contributed by atoms with Crippen LogP contribution in [0.5, 0.6) is 0 Å². The fourth-order valence-corrected chi connectivity index (χ4v) is 3.54. The highest BCUT2D eigenvalue weighted by molar-refractivity contribution is 7.00. The van der Waals surface area contributed by atoms with Gasteiger partial charge in [0.2, 0.25) is 5.91 Å². The Bertz CT molecular complexity index is 944. The molecule has 9 heteroatoms. The first-order valence-corrected chi connectivity index (χ1v) is 9.26. The van der Waals surface area contributed by atoms with E-state index in [0.29, 0.717) is 16.8 Å². The van der Waals surface area contributed by atoms with Gasteiger partial charge < -0.3 is 10.2 Å². The summed E-state index contributed by atoms with van der Waals surface area (Å²) in [6.07, 6.45) is 6.52. The van der Waals surface area contributed by atoms with Gasteiger partial charge in [-0.1, -0.05) is 0 Å². The second kappa shape index (κ2) is 7.20. The molecular formula is C17H18N6O2S. The Balaban J connectivity index is 1.39. The van der Waals surface area contributed by atoms with Gasteiger partial charge in [0.25, 0.3) is 5.91 Å². The van der Waals surface area contributed by atoms with Gasteiger partial charge in [-0.05, 0) is 37.5 Å². The Morgan fingerprint density at radius 2 is 1.92 bits per heavy atom. The number of nitrogens with one attached hydrogen (secondary N) is 1. The van der Waals surface area contributed by atoms with Gasteiger partial charge in [0.1, 0.15) is 17.6 Å². The zero-order valence-corrected chi connectivity index (χ0v) is 14.9. The van der Waals surface area contributed by atoms with Gasteiger partial charge in [-0.3, -0.25) is 14.3 Å². The molecule has 2 amide bonds. The van der Waals surface area contributed by atoms with E-state index in [9.17, 15) is 9.59 Å². The fraction of sp³-hybridized carbons (Fsp3) is 0.353. The molecule has 0 aliphatic carbocycles. The van der Waals surface area contributed by atoms with Gasteiger partial charge in [-0.25, -0.2) is 0 Å². The van der Waals surface area contributed by atoms with Gasteiger partial charge in [0.05, 0.1) is 23.6 Å². The lowest BCUT2D eigenvalue weighted by Crippen LogP contribution is -2.37. The molecule has 2 aromatic heterocycles. The van der Waals surface area contributed by atoms with E-state index in [0.717, 1.165) is 43.2 Å². The summed E-state index contributed by atoms with van der Waals surface area (Å²) >= 11 is 1.12. The molecule has 0 bridgehead atoms. The Morgan fingerprint density at radius 3 is 2.77 bits per heavy atom. The topological polar surface area (TPSA) is 93.0 Å². The summed E-state index contributed by atoms with van der Waals surface area (Å²) in [6.45, 7) is 1.82. The highest BCUT2D eigenvalue weighted by Gasteiger charge is 2.17. The summed E-state index contributed by atoms with van der Waals surface area (Å²) in [5.74, 6) is -0.186. The summed E-state index contributed by atoms with van der Waals surface area (Å²) in [4.78, 5) is 26.6. The minimum atomic E-state index is -0.248. The van der Waals surface area contributed by atoms with Crippen LogP contribution in [0.15, 0.2) is 30.6 Å². The zero-order chi connectivity index (χ0) is 17.9. The first-order chi connectivity index (χ1) is 12.7. The number of fused-ring (bicyclic) bond motifs is 1. The van der Waals surface area contributed by atoms with Crippen molar-refractivity contribution in [3.63, 3.8) is 0 Å². The van der Waals surface area contributed by atoms with Crippen molar-refractivity contribution in [2.75, 3.05) is 18.4 Å². The molecule has 1 N–H and O–H groups in total. The lowest BCUT2D eigenvalue weighted by molar-refractivity contribution is -0.132. The number of likely N-dealkylation sites (tertiary alicyclic amines) is 1. The van der Waals surface area contributed by atoms with E-state index in [1.807, 2.05) is 4.90 Å². The molecule has 8 nitrogen and oxygen atoms in total. The molecule has 3 heterocycles. The molecule has 0 radical (unpaired) electrons. The van der Waals surface area contributed by atoms with Crippen LogP contribution in [0.3, 0.4) is 0 Å². The average Bonchev–Trinajstić information content (AvgIpc) is 3.31. The molecule has 1 saturated heterocycles. The predicted molar refractivity (Wildman–Crippen MR) is 98.0 cm³/mol. The molecule has 1 fully saturated rings. The van der Waals surface area contributed by atoms with Crippen molar-refractivity contribution in [3.05, 3.63) is 36.2 Å². The third kappa shape index (κ3) is 3.57. The number of rotatable bonds is 4. The number of carbonyl (C=O) groups excluding carboxylic acids is 2. The highest BCUT2D eigenvalue weighted by Crippen LogP contribution is 2.15. The van der Waals surface area contributed by atoms with Crippen molar-refractivity contribution in [2.24, 2.45) is 0 Å². The van der Waals surface area contributed by atoms with Crippen LogP contribution in [0.2, 0.25) is 0 Å². The van der Waals surface area contributed by atoms with E-state index < -0.39 is 0 Å². The Morgan fingerprint density at radius 1 is 1.12 bits per heavy atom. The predicted octanol–water partition coefficient (Wildman–Crippen LogP) is 2.15. The van der Waals surface area contributed by atoms with Crippen LogP contribution >= 0.6 is 11.7 Å². The Labute approximate surface area is 154 Å². The van der Waals surface area contributed by atoms with Crippen LogP contribution in [-0.4, -0.2) is 48.3 Å². The van der Waals surface area contributed by atoms with Crippen molar-refractivity contribution in [2.45, 2.75) is 25.8 Å².